The molecule has 0 bridgehead atoms. The molecule has 54 valence electrons. The van der Waals surface area contributed by atoms with E-state index in [4.69, 9.17) is 0 Å². The summed E-state index contributed by atoms with van der Waals surface area (Å²) in [6.07, 6.45) is 2.68. The van der Waals surface area contributed by atoms with Gasteiger partial charge in [-0.2, -0.15) is 9.97 Å². The minimum atomic E-state index is 0.296. The van der Waals surface area contributed by atoms with Gasteiger partial charge in [0.2, 0.25) is 0 Å². The van der Waals surface area contributed by atoms with Crippen molar-refractivity contribution < 1.29 is 0 Å². The van der Waals surface area contributed by atoms with Gasteiger partial charge in [-0.05, 0) is 20.9 Å². The van der Waals surface area contributed by atoms with Crippen LogP contribution in [0.1, 0.15) is 0 Å². The van der Waals surface area contributed by atoms with Crippen molar-refractivity contribution in [3.05, 3.63) is 12.7 Å². The van der Waals surface area contributed by atoms with Crippen molar-refractivity contribution in [2.45, 2.75) is 0 Å². The van der Waals surface area contributed by atoms with Gasteiger partial charge in [0.15, 0.2) is 0 Å². The molecule has 0 aliphatic rings. The van der Waals surface area contributed by atoms with Crippen LogP contribution in [0.25, 0.3) is 5.95 Å². The average molecular weight is 150 g/mol. The van der Waals surface area contributed by atoms with Crippen molar-refractivity contribution in [2.24, 2.45) is 0 Å². The first-order chi connectivity index (χ1) is 5.47. The van der Waals surface area contributed by atoms with Crippen molar-refractivity contribution in [1.82, 2.24) is 40.6 Å². The molecule has 0 N–H and O–H groups in total. The molecule has 0 aliphatic heterocycles. The summed E-state index contributed by atoms with van der Waals surface area (Å²) in [4.78, 5) is 12.2. The Morgan fingerprint density at radius 1 is 1.00 bits per heavy atom. The van der Waals surface area contributed by atoms with E-state index in [-0.39, 0.29) is 0 Å². The van der Waals surface area contributed by atoms with Crippen LogP contribution in [0.5, 0.6) is 0 Å². The predicted molar refractivity (Wildman–Crippen MR) is 30.3 cm³/mol. The van der Waals surface area contributed by atoms with E-state index < -0.39 is 0 Å². The molecule has 0 aromatic carbocycles. The molecule has 0 aliphatic carbocycles. The Morgan fingerprint density at radius 3 is 2.27 bits per heavy atom. The molecule has 2 aromatic heterocycles. The third kappa shape index (κ3) is 1.000. The third-order valence-electron chi connectivity index (χ3n) is 0.948. The molecule has 2 aromatic rings. The second-order valence-corrected chi connectivity index (χ2v) is 1.59. The van der Waals surface area contributed by atoms with Gasteiger partial charge < -0.3 is 0 Å². The Labute approximate surface area is 60.3 Å². The number of nitrogens with zero attached hydrogens (tertiary/aromatic N) is 8. The average Bonchev–Trinajstić information content (AvgIpc) is 2.58. The number of aromatic nitrogens is 8. The van der Waals surface area contributed by atoms with Crippen molar-refractivity contribution in [2.75, 3.05) is 0 Å². The smallest absolute Gasteiger partial charge is 0.225 e. The van der Waals surface area contributed by atoms with E-state index in [1.807, 2.05) is 0 Å². The maximum atomic E-state index is 3.76. The van der Waals surface area contributed by atoms with Gasteiger partial charge in [-0.3, -0.25) is 0 Å². The summed E-state index contributed by atoms with van der Waals surface area (Å²) in [5.41, 5.74) is 0. The van der Waals surface area contributed by atoms with Crippen LogP contribution in [0.4, 0.5) is 0 Å². The van der Waals surface area contributed by atoms with Crippen LogP contribution < -0.4 is 0 Å². The first kappa shape index (κ1) is 5.77. The summed E-state index contributed by atoms with van der Waals surface area (Å²) in [6.45, 7) is 0. The van der Waals surface area contributed by atoms with Crippen molar-refractivity contribution in [3.8, 4) is 5.95 Å². The molecule has 0 atom stereocenters. The Bertz CT molecular complexity index is 312. The predicted octanol–water partition coefficient (Wildman–Crippen LogP) is -1.76. The number of hydrogen-bond acceptors (Lipinski definition) is 7. The standard InChI is InChI=1S/C3H2N8/c1-4-2-6-3(5-1)11-9-7-8-10-11/h1-2H. The zero-order valence-electron chi connectivity index (χ0n) is 5.23. The normalized spacial score (nSPS) is 9.82. The largest absolute Gasteiger partial charge is 0.275 e. The number of rotatable bonds is 1. The Morgan fingerprint density at radius 2 is 1.64 bits per heavy atom. The van der Waals surface area contributed by atoms with Gasteiger partial charge in [0.25, 0.3) is 5.95 Å². The van der Waals surface area contributed by atoms with Gasteiger partial charge in [-0.25, -0.2) is 4.98 Å². The van der Waals surface area contributed by atoms with Gasteiger partial charge in [0.1, 0.15) is 12.7 Å². The number of hydrogen-bond donors (Lipinski definition) is 0. The van der Waals surface area contributed by atoms with E-state index in [9.17, 15) is 0 Å². The summed E-state index contributed by atoms with van der Waals surface area (Å²) >= 11 is 0. The lowest BCUT2D eigenvalue weighted by Crippen LogP contribution is -2.04. The lowest BCUT2D eigenvalue weighted by molar-refractivity contribution is 0.665. The van der Waals surface area contributed by atoms with E-state index in [0.717, 1.165) is 4.80 Å². The molecule has 0 spiro atoms. The highest BCUT2D eigenvalue weighted by Crippen LogP contribution is 1.86. The summed E-state index contributed by atoms with van der Waals surface area (Å²) in [5, 5.41) is 13.5. The van der Waals surface area contributed by atoms with E-state index in [1.54, 1.807) is 0 Å². The quantitative estimate of drug-likeness (QED) is 0.475. The Balaban J connectivity index is 2.46. The van der Waals surface area contributed by atoms with Gasteiger partial charge in [-0.15, -0.1) is 0 Å². The lowest BCUT2D eigenvalue weighted by atomic mass is 11.0. The fraction of sp³-hybridized carbons (Fsp3) is 0. The van der Waals surface area contributed by atoms with Crippen molar-refractivity contribution >= 4 is 0 Å². The highest BCUT2D eigenvalue weighted by Gasteiger charge is 1.99. The molecule has 8 nitrogen and oxygen atoms in total. The molecular formula is C3H2N8. The van der Waals surface area contributed by atoms with Crippen molar-refractivity contribution in [1.29, 1.82) is 0 Å². The summed E-state index contributed by atoms with van der Waals surface area (Å²) < 4.78 is 0. The fourth-order valence-electron chi connectivity index (χ4n) is 0.546. The minimum Gasteiger partial charge on any atom is -0.225 e. The summed E-state index contributed by atoms with van der Waals surface area (Å²) in [7, 11) is 0. The third-order valence-corrected chi connectivity index (χ3v) is 0.948. The van der Waals surface area contributed by atoms with Crippen molar-refractivity contribution in [3.63, 3.8) is 0 Å². The van der Waals surface area contributed by atoms with E-state index >= 15 is 0 Å². The SMILES string of the molecule is c1ncnc(-n2nnnn2)n1. The summed E-state index contributed by atoms with van der Waals surface area (Å²) in [6, 6.07) is 0. The van der Waals surface area contributed by atoms with E-state index in [2.05, 4.69) is 35.8 Å². The second-order valence-electron chi connectivity index (χ2n) is 1.59. The first-order valence-corrected chi connectivity index (χ1v) is 2.70. The van der Waals surface area contributed by atoms with Crippen LogP contribution >= 0.6 is 0 Å². The second kappa shape index (κ2) is 2.33. The van der Waals surface area contributed by atoms with Crippen LogP contribution in [-0.4, -0.2) is 40.6 Å². The fourth-order valence-corrected chi connectivity index (χ4v) is 0.546. The molecule has 0 amide bonds. The maximum Gasteiger partial charge on any atom is 0.275 e. The molecule has 0 saturated heterocycles. The molecule has 0 radical (unpaired) electrons. The first-order valence-electron chi connectivity index (χ1n) is 2.70. The monoisotopic (exact) mass is 150 g/mol. The van der Waals surface area contributed by atoms with E-state index in [0.29, 0.717) is 5.95 Å². The van der Waals surface area contributed by atoms with Crippen LogP contribution in [0.15, 0.2) is 12.7 Å². The van der Waals surface area contributed by atoms with Crippen LogP contribution in [0.3, 0.4) is 0 Å². The summed E-state index contributed by atoms with van der Waals surface area (Å²) in [5.74, 6) is 0.296. The van der Waals surface area contributed by atoms with Crippen LogP contribution in [0, 0.1) is 0 Å². The zero-order chi connectivity index (χ0) is 7.52. The van der Waals surface area contributed by atoms with Crippen LogP contribution in [-0.2, 0) is 0 Å². The van der Waals surface area contributed by atoms with Crippen LogP contribution in [0.2, 0.25) is 0 Å². The Kier molecular flexibility index (Phi) is 1.22. The molecule has 0 unspecified atom stereocenters. The minimum absolute atomic E-state index is 0.296. The van der Waals surface area contributed by atoms with E-state index in [1.165, 1.54) is 12.7 Å². The molecule has 2 rings (SSSR count). The lowest BCUT2D eigenvalue weighted by Gasteiger charge is -1.89. The highest BCUT2D eigenvalue weighted by molar-refractivity contribution is 4.97. The highest BCUT2D eigenvalue weighted by atomic mass is 15.7. The van der Waals surface area contributed by atoms with Gasteiger partial charge in [0, 0.05) is 0 Å². The van der Waals surface area contributed by atoms with Gasteiger partial charge >= 0.3 is 0 Å². The van der Waals surface area contributed by atoms with Gasteiger partial charge in [-0.1, -0.05) is 4.80 Å². The Hall–Kier alpha value is -1.99. The maximum absolute atomic E-state index is 3.76. The molecule has 0 fully saturated rings. The topological polar surface area (TPSA) is 95.2 Å². The molecule has 0 saturated carbocycles. The zero-order valence-corrected chi connectivity index (χ0v) is 5.23. The molecule has 11 heavy (non-hydrogen) atoms. The molecule has 2 heterocycles. The molecular weight excluding hydrogens is 148 g/mol. The van der Waals surface area contributed by atoms with Gasteiger partial charge in [0.05, 0.1) is 0 Å². The molecule has 8 heteroatoms.